The van der Waals surface area contributed by atoms with Gasteiger partial charge >= 0.3 is 0 Å². The number of allylic oxidation sites excluding steroid dienone is 2. The molecule has 1 aliphatic carbocycles. The van der Waals surface area contributed by atoms with E-state index >= 15 is 0 Å². The van der Waals surface area contributed by atoms with Gasteiger partial charge in [-0.2, -0.15) is 0 Å². The number of nitrogens with one attached hydrogen (secondary N) is 1. The molecule has 1 N–H and O–H groups in total. The van der Waals surface area contributed by atoms with Crippen LogP contribution in [0.25, 0.3) is 10.9 Å². The van der Waals surface area contributed by atoms with Crippen molar-refractivity contribution in [2.45, 2.75) is 56.0 Å². The predicted molar refractivity (Wildman–Crippen MR) is 134 cm³/mol. The van der Waals surface area contributed by atoms with Crippen LogP contribution in [0.5, 0.6) is 0 Å². The summed E-state index contributed by atoms with van der Waals surface area (Å²) in [5, 5.41) is 14.2. The second kappa shape index (κ2) is 10.6. The largest absolute Gasteiger partial charge is 0.325 e. The van der Waals surface area contributed by atoms with Crippen molar-refractivity contribution in [2.24, 2.45) is 0 Å². The summed E-state index contributed by atoms with van der Waals surface area (Å²) in [5.74, 6) is -0.325. The number of hydrogen-bond donors (Lipinski definition) is 1. The van der Waals surface area contributed by atoms with E-state index in [0.717, 1.165) is 19.3 Å². The maximum atomic E-state index is 13.3. The van der Waals surface area contributed by atoms with Crippen molar-refractivity contribution in [1.29, 1.82) is 0 Å². The lowest BCUT2D eigenvalue weighted by Gasteiger charge is -2.18. The number of nitro groups is 1. The molecule has 2 aromatic carbocycles. The minimum Gasteiger partial charge on any atom is -0.325 e. The van der Waals surface area contributed by atoms with E-state index in [-0.39, 0.29) is 17.2 Å². The molecular formula is C25H26N4O4S. The van der Waals surface area contributed by atoms with E-state index in [1.807, 2.05) is 12.1 Å². The topological polar surface area (TPSA) is 107 Å². The third-order valence-corrected chi connectivity index (χ3v) is 6.93. The van der Waals surface area contributed by atoms with Crippen molar-refractivity contribution in [3.63, 3.8) is 0 Å². The average Bonchev–Trinajstić information content (AvgIpc) is 2.84. The molecule has 8 nitrogen and oxygen atoms in total. The van der Waals surface area contributed by atoms with E-state index in [4.69, 9.17) is 4.98 Å². The van der Waals surface area contributed by atoms with Crippen molar-refractivity contribution >= 4 is 39.9 Å². The Labute approximate surface area is 201 Å². The SMILES string of the molecule is CC(Sc1nc2ccccc2c(=O)n1CCC1=CCCCC1)C(=O)Nc1cccc([N+](=O)[O-])c1. The van der Waals surface area contributed by atoms with Crippen molar-refractivity contribution in [3.05, 3.63) is 80.6 Å². The van der Waals surface area contributed by atoms with Crippen LogP contribution in [0.2, 0.25) is 0 Å². The number of fused-ring (bicyclic) bond motifs is 1. The summed E-state index contributed by atoms with van der Waals surface area (Å²) in [6, 6.07) is 13.0. The van der Waals surface area contributed by atoms with Crippen LogP contribution in [0.15, 0.2) is 70.1 Å². The summed E-state index contributed by atoms with van der Waals surface area (Å²) < 4.78 is 1.67. The average molecular weight is 479 g/mol. The molecular weight excluding hydrogens is 452 g/mol. The zero-order valence-corrected chi connectivity index (χ0v) is 19.7. The zero-order valence-electron chi connectivity index (χ0n) is 18.9. The number of nitrogens with zero attached hydrogens (tertiary/aromatic N) is 3. The maximum absolute atomic E-state index is 13.3. The van der Waals surface area contributed by atoms with Gasteiger partial charge in [-0.05, 0) is 57.2 Å². The van der Waals surface area contributed by atoms with Crippen molar-refractivity contribution < 1.29 is 9.72 Å². The summed E-state index contributed by atoms with van der Waals surface area (Å²) in [5.41, 5.74) is 2.09. The molecule has 0 saturated heterocycles. The van der Waals surface area contributed by atoms with Gasteiger partial charge in [-0.25, -0.2) is 4.98 Å². The van der Waals surface area contributed by atoms with Gasteiger partial charge in [-0.15, -0.1) is 0 Å². The molecule has 1 aromatic heterocycles. The van der Waals surface area contributed by atoms with Crippen LogP contribution in [-0.2, 0) is 11.3 Å². The lowest BCUT2D eigenvalue weighted by Crippen LogP contribution is -2.27. The van der Waals surface area contributed by atoms with Gasteiger partial charge < -0.3 is 5.32 Å². The van der Waals surface area contributed by atoms with Crippen LogP contribution < -0.4 is 10.9 Å². The minimum absolute atomic E-state index is 0.0971. The number of para-hydroxylation sites is 1. The van der Waals surface area contributed by atoms with Gasteiger partial charge in [0, 0.05) is 24.4 Å². The molecule has 1 aliphatic rings. The second-order valence-corrected chi connectivity index (χ2v) is 9.59. The summed E-state index contributed by atoms with van der Waals surface area (Å²) in [6.45, 7) is 2.23. The zero-order chi connectivity index (χ0) is 24.1. The number of benzene rings is 2. The van der Waals surface area contributed by atoms with Gasteiger partial charge in [0.1, 0.15) is 0 Å². The first-order valence-corrected chi connectivity index (χ1v) is 12.2. The Bertz CT molecular complexity index is 1320. The molecule has 3 aromatic rings. The van der Waals surface area contributed by atoms with Crippen LogP contribution >= 0.6 is 11.8 Å². The van der Waals surface area contributed by atoms with Gasteiger partial charge in [0.25, 0.3) is 11.2 Å². The van der Waals surface area contributed by atoms with E-state index in [1.165, 1.54) is 48.4 Å². The van der Waals surface area contributed by atoms with Gasteiger partial charge in [0.15, 0.2) is 5.16 Å². The standard InChI is InChI=1S/C25H26N4O4S/c1-17(23(30)26-19-10-7-11-20(16-19)29(32)33)34-25-27-22-13-6-5-12-21(22)24(31)28(25)15-14-18-8-3-2-4-9-18/h5-8,10-13,16-17H,2-4,9,14-15H2,1H3,(H,26,30). The fourth-order valence-electron chi connectivity index (χ4n) is 3.97. The molecule has 1 unspecified atom stereocenters. The minimum atomic E-state index is -0.576. The number of aromatic nitrogens is 2. The molecule has 176 valence electrons. The van der Waals surface area contributed by atoms with Crippen molar-refractivity contribution in [3.8, 4) is 0 Å². The van der Waals surface area contributed by atoms with E-state index in [1.54, 1.807) is 29.7 Å². The highest BCUT2D eigenvalue weighted by Crippen LogP contribution is 2.26. The third-order valence-electron chi connectivity index (χ3n) is 5.84. The quantitative estimate of drug-likeness (QED) is 0.154. The maximum Gasteiger partial charge on any atom is 0.271 e. The molecule has 4 rings (SSSR count). The first-order chi connectivity index (χ1) is 16.4. The number of anilines is 1. The molecule has 9 heteroatoms. The summed E-state index contributed by atoms with van der Waals surface area (Å²) in [6.07, 6.45) is 7.57. The van der Waals surface area contributed by atoms with Gasteiger partial charge in [0.2, 0.25) is 5.91 Å². The molecule has 0 spiro atoms. The Morgan fingerprint density at radius 3 is 2.82 bits per heavy atom. The normalized spacial score (nSPS) is 14.4. The highest BCUT2D eigenvalue weighted by Gasteiger charge is 2.20. The van der Waals surface area contributed by atoms with Gasteiger partial charge in [-0.3, -0.25) is 24.3 Å². The molecule has 0 bridgehead atoms. The Hall–Kier alpha value is -3.46. The number of amides is 1. The Kier molecular flexibility index (Phi) is 7.42. The molecule has 0 saturated carbocycles. The molecule has 1 atom stereocenters. The molecule has 0 aliphatic heterocycles. The van der Waals surface area contributed by atoms with Crippen molar-refractivity contribution in [2.75, 3.05) is 5.32 Å². The highest BCUT2D eigenvalue weighted by atomic mass is 32.2. The monoisotopic (exact) mass is 478 g/mol. The first kappa shape index (κ1) is 23.7. The van der Waals surface area contributed by atoms with Crippen LogP contribution in [0.3, 0.4) is 0 Å². The number of rotatable bonds is 8. The van der Waals surface area contributed by atoms with Crippen LogP contribution in [0.4, 0.5) is 11.4 Å². The smallest absolute Gasteiger partial charge is 0.271 e. The second-order valence-electron chi connectivity index (χ2n) is 8.28. The van der Waals surface area contributed by atoms with Crippen LogP contribution in [0.1, 0.15) is 39.0 Å². The molecule has 34 heavy (non-hydrogen) atoms. The van der Waals surface area contributed by atoms with E-state index in [2.05, 4.69) is 11.4 Å². The third kappa shape index (κ3) is 5.53. The molecule has 1 heterocycles. The number of carbonyl (C=O) groups excluding carboxylic acids is 1. The van der Waals surface area contributed by atoms with Crippen LogP contribution in [0, 0.1) is 10.1 Å². The highest BCUT2D eigenvalue weighted by molar-refractivity contribution is 8.00. The van der Waals surface area contributed by atoms with Gasteiger partial charge in [0.05, 0.1) is 21.1 Å². The van der Waals surface area contributed by atoms with E-state index in [9.17, 15) is 19.7 Å². The summed E-state index contributed by atoms with van der Waals surface area (Å²) in [7, 11) is 0. The summed E-state index contributed by atoms with van der Waals surface area (Å²) in [4.78, 5) is 41.3. The van der Waals surface area contributed by atoms with Gasteiger partial charge in [-0.1, -0.05) is 41.6 Å². The number of non-ortho nitro benzene ring substituents is 1. The Balaban J connectivity index is 1.57. The van der Waals surface area contributed by atoms with E-state index < -0.39 is 10.2 Å². The predicted octanol–water partition coefficient (Wildman–Crippen LogP) is 5.31. The fraction of sp³-hybridized carbons (Fsp3) is 0.320. The number of thioether (sulfide) groups is 1. The molecule has 1 amide bonds. The van der Waals surface area contributed by atoms with E-state index in [0.29, 0.717) is 28.3 Å². The fourth-order valence-corrected chi connectivity index (χ4v) is 4.91. The van der Waals surface area contributed by atoms with Crippen molar-refractivity contribution in [1.82, 2.24) is 9.55 Å². The Morgan fingerprint density at radius 2 is 2.06 bits per heavy atom. The number of nitro benzene ring substituents is 1. The Morgan fingerprint density at radius 1 is 1.24 bits per heavy atom. The molecule has 0 radical (unpaired) electrons. The molecule has 0 fully saturated rings. The lowest BCUT2D eigenvalue weighted by atomic mass is 9.97. The first-order valence-electron chi connectivity index (χ1n) is 11.3. The number of carbonyl (C=O) groups is 1. The lowest BCUT2D eigenvalue weighted by molar-refractivity contribution is -0.384. The summed E-state index contributed by atoms with van der Waals surface area (Å²) >= 11 is 1.21. The van der Waals surface area contributed by atoms with Crippen LogP contribution in [-0.4, -0.2) is 25.6 Å². The number of hydrogen-bond acceptors (Lipinski definition) is 6.